The number of likely N-dealkylation sites (tertiary alicyclic amines) is 1. The van der Waals surface area contributed by atoms with Crippen molar-refractivity contribution in [3.63, 3.8) is 0 Å². The van der Waals surface area contributed by atoms with Crippen molar-refractivity contribution < 1.29 is 14.0 Å². The van der Waals surface area contributed by atoms with Gasteiger partial charge in [0.15, 0.2) is 8.32 Å². The molecule has 0 spiro atoms. The van der Waals surface area contributed by atoms with Crippen LogP contribution in [0.3, 0.4) is 0 Å². The fraction of sp³-hybridized carbons (Fsp3) is 0.933. The Hall–Kier alpha value is -0.553. The SMILES string of the molecule is CCCCOC(=O)N1CCC(O[Si](C)(C)C(C)(C)C)C1. The third-order valence-electron chi connectivity index (χ3n) is 4.39. The van der Waals surface area contributed by atoms with Crippen LogP contribution in [0, 0.1) is 0 Å². The second-order valence-corrected chi connectivity index (χ2v) is 12.0. The minimum absolute atomic E-state index is 0.176. The van der Waals surface area contributed by atoms with Gasteiger partial charge in [0.25, 0.3) is 0 Å². The second kappa shape index (κ2) is 6.94. The Morgan fingerprint density at radius 2 is 2.00 bits per heavy atom. The molecule has 1 aliphatic heterocycles. The fourth-order valence-corrected chi connectivity index (χ4v) is 3.36. The summed E-state index contributed by atoms with van der Waals surface area (Å²) in [6, 6.07) is 0. The summed E-state index contributed by atoms with van der Waals surface area (Å²) in [6.45, 7) is 15.3. The van der Waals surface area contributed by atoms with Crippen LogP contribution in [0.15, 0.2) is 0 Å². The molecule has 1 amide bonds. The average Bonchev–Trinajstić information content (AvgIpc) is 2.75. The molecule has 1 fully saturated rings. The highest BCUT2D eigenvalue weighted by Gasteiger charge is 2.41. The first-order valence-electron chi connectivity index (χ1n) is 7.77. The molecule has 4 nitrogen and oxygen atoms in total. The maximum atomic E-state index is 11.9. The van der Waals surface area contributed by atoms with E-state index in [1.807, 2.05) is 0 Å². The zero-order valence-corrected chi connectivity index (χ0v) is 15.0. The third kappa shape index (κ3) is 4.77. The largest absolute Gasteiger partial charge is 0.449 e. The van der Waals surface area contributed by atoms with Crippen LogP contribution < -0.4 is 0 Å². The van der Waals surface area contributed by atoms with Gasteiger partial charge < -0.3 is 14.1 Å². The minimum Gasteiger partial charge on any atom is -0.449 e. The fourth-order valence-electron chi connectivity index (χ4n) is 1.98. The van der Waals surface area contributed by atoms with Gasteiger partial charge in [-0.05, 0) is 31.0 Å². The van der Waals surface area contributed by atoms with Crippen molar-refractivity contribution in [1.82, 2.24) is 4.90 Å². The van der Waals surface area contributed by atoms with Crippen molar-refractivity contribution >= 4 is 14.4 Å². The predicted molar refractivity (Wildman–Crippen MR) is 84.5 cm³/mol. The topological polar surface area (TPSA) is 38.8 Å². The quantitative estimate of drug-likeness (QED) is 0.568. The number of nitrogens with zero attached hydrogens (tertiary/aromatic N) is 1. The standard InChI is InChI=1S/C15H31NO3Si/c1-7-8-11-18-14(17)16-10-9-13(12-16)19-20(5,6)15(2,3)4/h13H,7-12H2,1-6H3. The molecule has 1 rings (SSSR count). The number of hydrogen-bond acceptors (Lipinski definition) is 3. The molecule has 0 aromatic heterocycles. The Bertz CT molecular complexity index is 326. The molecule has 5 heteroatoms. The van der Waals surface area contributed by atoms with Gasteiger partial charge in [0, 0.05) is 13.1 Å². The number of hydrogen-bond donors (Lipinski definition) is 0. The second-order valence-electron chi connectivity index (χ2n) is 7.20. The lowest BCUT2D eigenvalue weighted by atomic mass is 10.2. The molecule has 1 atom stereocenters. The van der Waals surface area contributed by atoms with Crippen molar-refractivity contribution in [3.05, 3.63) is 0 Å². The molecule has 0 aliphatic carbocycles. The van der Waals surface area contributed by atoms with Gasteiger partial charge in [0.05, 0.1) is 12.7 Å². The maximum absolute atomic E-state index is 11.9. The number of carbonyl (C=O) groups is 1. The van der Waals surface area contributed by atoms with Gasteiger partial charge in [0.1, 0.15) is 0 Å². The van der Waals surface area contributed by atoms with Crippen LogP contribution in [0.2, 0.25) is 18.1 Å². The van der Waals surface area contributed by atoms with E-state index < -0.39 is 8.32 Å². The summed E-state index contributed by atoms with van der Waals surface area (Å²) in [7, 11) is -1.74. The van der Waals surface area contributed by atoms with E-state index in [-0.39, 0.29) is 17.2 Å². The molecular formula is C15H31NO3Si. The average molecular weight is 302 g/mol. The summed E-state index contributed by atoms with van der Waals surface area (Å²) in [5.74, 6) is 0. The van der Waals surface area contributed by atoms with Crippen LogP contribution in [0.5, 0.6) is 0 Å². The highest BCUT2D eigenvalue weighted by atomic mass is 28.4. The number of amides is 1. The van der Waals surface area contributed by atoms with Crippen LogP contribution in [0.4, 0.5) is 4.79 Å². The first kappa shape index (κ1) is 17.5. The Kier molecular flexibility index (Phi) is 6.07. The number of unbranched alkanes of at least 4 members (excludes halogenated alkanes) is 1. The summed E-state index contributed by atoms with van der Waals surface area (Å²) in [5, 5.41) is 0.210. The smallest absolute Gasteiger partial charge is 0.409 e. The highest BCUT2D eigenvalue weighted by molar-refractivity contribution is 6.74. The van der Waals surface area contributed by atoms with Crippen molar-refractivity contribution in [3.8, 4) is 0 Å². The number of rotatable bonds is 5. The molecule has 0 radical (unpaired) electrons. The molecular weight excluding hydrogens is 270 g/mol. The van der Waals surface area contributed by atoms with E-state index in [1.54, 1.807) is 4.90 Å². The van der Waals surface area contributed by atoms with Crippen molar-refractivity contribution in [2.24, 2.45) is 0 Å². The van der Waals surface area contributed by atoms with E-state index in [9.17, 15) is 4.79 Å². The lowest BCUT2D eigenvalue weighted by Crippen LogP contribution is -2.44. The summed E-state index contributed by atoms with van der Waals surface area (Å²) in [4.78, 5) is 13.7. The van der Waals surface area contributed by atoms with Gasteiger partial charge in [-0.3, -0.25) is 0 Å². The normalized spacial score (nSPS) is 20.3. The van der Waals surface area contributed by atoms with E-state index in [2.05, 4.69) is 40.8 Å². The van der Waals surface area contributed by atoms with E-state index in [4.69, 9.17) is 9.16 Å². The lowest BCUT2D eigenvalue weighted by molar-refractivity contribution is 0.103. The van der Waals surface area contributed by atoms with Crippen LogP contribution in [-0.4, -0.2) is 45.1 Å². The summed E-state index contributed by atoms with van der Waals surface area (Å²) in [5.41, 5.74) is 0. The third-order valence-corrected chi connectivity index (χ3v) is 8.93. The lowest BCUT2D eigenvalue weighted by Gasteiger charge is -2.38. The van der Waals surface area contributed by atoms with Gasteiger partial charge in [-0.15, -0.1) is 0 Å². The molecule has 1 saturated heterocycles. The first-order chi connectivity index (χ1) is 9.17. The van der Waals surface area contributed by atoms with Gasteiger partial charge in [0.2, 0.25) is 0 Å². The van der Waals surface area contributed by atoms with Gasteiger partial charge in [-0.25, -0.2) is 4.79 Å². The molecule has 0 aromatic carbocycles. The van der Waals surface area contributed by atoms with E-state index >= 15 is 0 Å². The Morgan fingerprint density at radius 3 is 2.55 bits per heavy atom. The summed E-state index contributed by atoms with van der Waals surface area (Å²) < 4.78 is 11.6. The monoisotopic (exact) mass is 301 g/mol. The van der Waals surface area contributed by atoms with Gasteiger partial charge in [-0.1, -0.05) is 34.1 Å². The molecule has 0 aromatic rings. The molecule has 0 bridgehead atoms. The molecule has 118 valence electrons. The number of ether oxygens (including phenoxy) is 1. The zero-order chi connectivity index (χ0) is 15.4. The van der Waals surface area contributed by atoms with Crippen molar-refractivity contribution in [2.75, 3.05) is 19.7 Å². The van der Waals surface area contributed by atoms with Crippen molar-refractivity contribution in [2.45, 2.75) is 71.2 Å². The van der Waals surface area contributed by atoms with Crippen molar-refractivity contribution in [1.29, 1.82) is 0 Å². The Morgan fingerprint density at radius 1 is 1.35 bits per heavy atom. The molecule has 20 heavy (non-hydrogen) atoms. The Labute approximate surface area is 124 Å². The van der Waals surface area contributed by atoms with E-state index in [1.165, 1.54) is 0 Å². The maximum Gasteiger partial charge on any atom is 0.409 e. The number of carbonyl (C=O) groups excluding carboxylic acids is 1. The van der Waals surface area contributed by atoms with Gasteiger partial charge >= 0.3 is 6.09 Å². The first-order valence-corrected chi connectivity index (χ1v) is 10.7. The Balaban J connectivity index is 2.42. The highest BCUT2D eigenvalue weighted by Crippen LogP contribution is 2.38. The molecule has 1 aliphatic rings. The molecule has 0 N–H and O–H groups in total. The van der Waals surface area contributed by atoms with E-state index in [0.717, 1.165) is 25.8 Å². The minimum atomic E-state index is -1.74. The van der Waals surface area contributed by atoms with E-state index in [0.29, 0.717) is 13.2 Å². The van der Waals surface area contributed by atoms with Crippen LogP contribution >= 0.6 is 0 Å². The zero-order valence-electron chi connectivity index (χ0n) is 14.0. The summed E-state index contributed by atoms with van der Waals surface area (Å²) in [6.07, 6.45) is 2.90. The van der Waals surface area contributed by atoms with Crippen LogP contribution in [0.25, 0.3) is 0 Å². The predicted octanol–water partition coefficient (Wildman–Crippen LogP) is 4.02. The molecule has 1 heterocycles. The molecule has 1 unspecified atom stereocenters. The van der Waals surface area contributed by atoms with Crippen LogP contribution in [-0.2, 0) is 9.16 Å². The summed E-state index contributed by atoms with van der Waals surface area (Å²) >= 11 is 0. The van der Waals surface area contributed by atoms with Gasteiger partial charge in [-0.2, -0.15) is 0 Å². The van der Waals surface area contributed by atoms with Crippen LogP contribution in [0.1, 0.15) is 47.0 Å². The molecule has 0 saturated carbocycles.